The van der Waals surface area contributed by atoms with E-state index in [9.17, 15) is 40.9 Å². The molecule has 0 aromatic carbocycles. The molecule has 0 saturated heterocycles. The second-order valence-corrected chi connectivity index (χ2v) is 38.7. The van der Waals surface area contributed by atoms with Crippen LogP contribution in [0.15, 0.2) is 186 Å². The van der Waals surface area contributed by atoms with Gasteiger partial charge in [0, 0.05) is 47.3 Å². The van der Waals surface area contributed by atoms with Gasteiger partial charge in [0.15, 0.2) is 0 Å². The monoisotopic (exact) mass is 1440 g/mol. The summed E-state index contributed by atoms with van der Waals surface area (Å²) in [7, 11) is 0. The molecule has 0 heterocycles. The zero-order valence-corrected chi connectivity index (χ0v) is 69.4. The maximum atomic E-state index is 13.3. The quantitative estimate of drug-likeness (QED) is 0.0709. The molecule has 1 saturated carbocycles. The Morgan fingerprint density at radius 1 is 0.257 bits per heavy atom. The van der Waals surface area contributed by atoms with Crippen molar-refractivity contribution in [3.05, 3.63) is 186 Å². The lowest BCUT2D eigenvalue weighted by molar-refractivity contribution is 0.0963. The van der Waals surface area contributed by atoms with Crippen LogP contribution >= 0.6 is 0 Å². The summed E-state index contributed by atoms with van der Waals surface area (Å²) < 4.78 is 0. The first-order chi connectivity index (χ1) is 48.9. The molecule has 0 amide bonds. The van der Waals surface area contributed by atoms with Crippen LogP contribution in [0.1, 0.15) is 262 Å². The van der Waals surface area contributed by atoms with Crippen LogP contribution in [0, 0.1) is 103 Å². The first-order valence-electron chi connectivity index (χ1n) is 41.3. The molecular formula is C97H142O8. The van der Waals surface area contributed by atoms with E-state index in [2.05, 4.69) is 262 Å². The van der Waals surface area contributed by atoms with Crippen molar-refractivity contribution in [2.24, 2.45) is 90.7 Å². The van der Waals surface area contributed by atoms with E-state index in [0.717, 1.165) is 134 Å². The smallest absolute Gasteiger partial charge is 0.0822 e. The zero-order valence-electron chi connectivity index (χ0n) is 69.4. The molecule has 9 aliphatic carbocycles. The Morgan fingerprint density at radius 3 is 0.619 bits per heavy atom. The van der Waals surface area contributed by atoms with Gasteiger partial charge in [0.05, 0.1) is 54.2 Å². The molecule has 17 atom stereocenters. The topological polar surface area (TPSA) is 162 Å². The number of aliphatic hydroxyl groups excluding tert-OH is 8. The molecule has 9 aliphatic rings. The van der Waals surface area contributed by atoms with Crippen LogP contribution in [0.2, 0.25) is 0 Å². The number of fused-ring (bicyclic) bond motifs is 16. The summed E-state index contributed by atoms with van der Waals surface area (Å²) in [6.45, 7) is 51.4. The maximum absolute atomic E-state index is 13.3. The predicted molar refractivity (Wildman–Crippen MR) is 438 cm³/mol. The second-order valence-electron chi connectivity index (χ2n) is 38.7. The number of aliphatic hydroxyl groups is 8. The molecule has 0 aromatic rings. The summed E-state index contributed by atoms with van der Waals surface area (Å²) in [5, 5.41) is 106. The van der Waals surface area contributed by atoms with Gasteiger partial charge in [-0.3, -0.25) is 0 Å². The third-order valence-electron chi connectivity index (χ3n) is 29.3. The molecule has 8 N–H and O–H groups in total. The number of hydrogen-bond acceptors (Lipinski definition) is 8. The van der Waals surface area contributed by atoms with E-state index in [1.807, 2.05) is 0 Å². The minimum absolute atomic E-state index is 0.247. The molecule has 105 heavy (non-hydrogen) atoms. The highest BCUT2D eigenvalue weighted by molar-refractivity contribution is 5.50. The molecule has 0 radical (unpaired) electrons. The average molecular weight is 1440 g/mol. The molecule has 17 unspecified atom stereocenters. The van der Waals surface area contributed by atoms with Crippen molar-refractivity contribution in [1.29, 1.82) is 0 Å². The van der Waals surface area contributed by atoms with E-state index in [1.54, 1.807) is 0 Å². The molecule has 16 bridgehead atoms. The van der Waals surface area contributed by atoms with Gasteiger partial charge in [0.1, 0.15) is 0 Å². The molecule has 0 spiro atoms. The SMILES string of the molecule is C#CC(C)(CC)C1=CC2CC3C=C(C(C)(C)CC)C=C(CC4=CC(C(C)(C)CC)=CC(CC5=CC(C(C)(C)CC)=CC(CC6C=C(C(C)(C)CC)C=C(CC7C=C(C(C)(C)CC)C=C(CC8C=C(C(C)(C)CC)C=C(CC9=CC(C(C)(C)CC)=CC(CC(=C1)C2O)C9O)C8O)C7O)C6O)C5O)C4O)C3O. The highest BCUT2D eigenvalue weighted by Gasteiger charge is 2.46. The van der Waals surface area contributed by atoms with E-state index < -0.39 is 89.8 Å². The van der Waals surface area contributed by atoms with Gasteiger partial charge in [0.25, 0.3) is 0 Å². The summed E-state index contributed by atoms with van der Waals surface area (Å²) >= 11 is 0. The number of rotatable bonds is 16. The Morgan fingerprint density at radius 2 is 0.419 bits per heavy atom. The lowest BCUT2D eigenvalue weighted by Crippen LogP contribution is -2.37. The Kier molecular flexibility index (Phi) is 25.8. The van der Waals surface area contributed by atoms with Gasteiger partial charge >= 0.3 is 0 Å². The molecule has 8 nitrogen and oxygen atoms in total. The fraction of sp³-hybridized carbons (Fsp3) is 0.649. The van der Waals surface area contributed by atoms with Gasteiger partial charge in [-0.1, -0.05) is 255 Å². The van der Waals surface area contributed by atoms with Crippen LogP contribution in [0.25, 0.3) is 0 Å². The minimum atomic E-state index is -0.967. The standard InChI is InChI=1S/C97H142O8/c1-25-90(10,11)74-42-58-34-60-44-75(91(12,13)26-2)46-62(83(60)99)36-64-48-77(93(16,17)28-4)50-66(85(64)101)38-68-52-79(95(20,21)30-6)54-70(87(68)103)40-72-56-81(97(24,32-8)33-9)57-73(89(72)105)41-71-55-80(96(22,23)31-7)53-69(88(71)104)39-67-51-78(94(18,19)29-5)49-65(86(67)102)37-63-47-76(92(14,15)27-3)45-61(84(63)100)35-59(43-74)82(58)98/h8,42-58,60-61,64-65,70-72,82-89,98-105H,25-31,33-41H2,1-7,9-24H3. The van der Waals surface area contributed by atoms with E-state index in [1.165, 1.54) is 0 Å². The van der Waals surface area contributed by atoms with E-state index in [0.29, 0.717) is 57.8 Å². The fourth-order valence-corrected chi connectivity index (χ4v) is 17.5. The van der Waals surface area contributed by atoms with Crippen molar-refractivity contribution in [2.45, 2.75) is 311 Å². The van der Waals surface area contributed by atoms with Gasteiger partial charge in [-0.2, -0.15) is 0 Å². The van der Waals surface area contributed by atoms with Crippen LogP contribution in [-0.2, 0) is 0 Å². The van der Waals surface area contributed by atoms with Crippen molar-refractivity contribution >= 4 is 0 Å². The van der Waals surface area contributed by atoms with E-state index in [-0.39, 0.29) is 49.7 Å². The van der Waals surface area contributed by atoms with Crippen LogP contribution in [0.5, 0.6) is 0 Å². The highest BCUT2D eigenvalue weighted by Crippen LogP contribution is 2.53. The summed E-state index contributed by atoms with van der Waals surface area (Å²) in [6, 6.07) is 0. The summed E-state index contributed by atoms with van der Waals surface area (Å²) in [5.74, 6) is -0.109. The van der Waals surface area contributed by atoms with Crippen LogP contribution < -0.4 is 0 Å². The van der Waals surface area contributed by atoms with E-state index in [4.69, 9.17) is 6.42 Å². The molecule has 578 valence electrons. The lowest BCUT2D eigenvalue weighted by Gasteiger charge is -2.41. The van der Waals surface area contributed by atoms with Crippen molar-refractivity contribution < 1.29 is 40.9 Å². The molecule has 0 aliphatic heterocycles. The third-order valence-corrected chi connectivity index (χ3v) is 29.3. The molecule has 9 rings (SSSR count). The van der Waals surface area contributed by atoms with Crippen molar-refractivity contribution in [3.63, 3.8) is 0 Å². The second kappa shape index (κ2) is 32.2. The minimum Gasteiger partial charge on any atom is -0.388 e. The zero-order chi connectivity index (χ0) is 77.8. The normalized spacial score (nSPS) is 32.2. The third kappa shape index (κ3) is 17.6. The highest BCUT2D eigenvalue weighted by atomic mass is 16.3. The van der Waals surface area contributed by atoms with Gasteiger partial charge in [-0.25, -0.2) is 0 Å². The Hall–Kier alpha value is -4.92. The number of allylic oxidation sites excluding steroid dienone is 16. The molecule has 8 heteroatoms. The first-order valence-corrected chi connectivity index (χ1v) is 41.3. The predicted octanol–water partition coefficient (Wildman–Crippen LogP) is 21.0. The first kappa shape index (κ1) is 84.1. The maximum Gasteiger partial charge on any atom is 0.0822 e. The average Bonchev–Trinajstić information content (AvgIpc) is 0.769. The molecule has 0 aromatic heterocycles. The van der Waals surface area contributed by atoms with Gasteiger partial charge in [0.2, 0.25) is 0 Å². The fourth-order valence-electron chi connectivity index (χ4n) is 17.5. The molecule has 1 fully saturated rings. The summed E-state index contributed by atoms with van der Waals surface area (Å²) in [4.78, 5) is 0. The van der Waals surface area contributed by atoms with Crippen LogP contribution in [-0.4, -0.2) is 89.7 Å². The van der Waals surface area contributed by atoms with Crippen molar-refractivity contribution in [2.75, 3.05) is 0 Å². The largest absolute Gasteiger partial charge is 0.388 e. The Bertz CT molecular complexity index is 3820. The van der Waals surface area contributed by atoms with E-state index >= 15 is 0 Å². The van der Waals surface area contributed by atoms with Crippen LogP contribution in [0.4, 0.5) is 0 Å². The van der Waals surface area contributed by atoms with Gasteiger partial charge in [-0.15, -0.1) is 6.42 Å². The van der Waals surface area contributed by atoms with Gasteiger partial charge in [-0.05, 0) is 237 Å². The van der Waals surface area contributed by atoms with Crippen LogP contribution in [0.3, 0.4) is 0 Å². The van der Waals surface area contributed by atoms with Crippen molar-refractivity contribution in [1.82, 2.24) is 0 Å². The summed E-state index contributed by atoms with van der Waals surface area (Å²) in [5.41, 5.74) is 13.0. The Balaban J connectivity index is 1.23. The van der Waals surface area contributed by atoms with Crippen molar-refractivity contribution in [3.8, 4) is 12.3 Å². The number of terminal acetylenes is 1. The number of hydrogen-bond donors (Lipinski definition) is 8. The Labute approximate surface area is 637 Å². The lowest BCUT2D eigenvalue weighted by atomic mass is 9.66. The van der Waals surface area contributed by atoms with Gasteiger partial charge < -0.3 is 40.9 Å². The molecular weight excluding hydrogens is 1290 g/mol. The summed E-state index contributed by atoms with van der Waals surface area (Å²) in [6.07, 6.45) is 44.3.